The summed E-state index contributed by atoms with van der Waals surface area (Å²) < 4.78 is 5.00. The van der Waals surface area contributed by atoms with Crippen molar-refractivity contribution < 1.29 is 14.3 Å². The van der Waals surface area contributed by atoms with Crippen LogP contribution in [0.4, 0.5) is 0 Å². The number of amides is 1. The van der Waals surface area contributed by atoms with Crippen LogP contribution in [0, 0.1) is 6.92 Å². The van der Waals surface area contributed by atoms with Gasteiger partial charge in [0.25, 0.3) is 5.91 Å². The predicted octanol–water partition coefficient (Wildman–Crippen LogP) is 2.69. The molecule has 0 saturated heterocycles. The average molecular weight is 307 g/mol. The third-order valence-corrected chi connectivity index (χ3v) is 4.67. The van der Waals surface area contributed by atoms with Crippen LogP contribution in [0.25, 0.3) is 0 Å². The van der Waals surface area contributed by atoms with Crippen molar-refractivity contribution in [1.29, 1.82) is 0 Å². The average Bonchev–Trinajstić information content (AvgIpc) is 2.97. The van der Waals surface area contributed by atoms with Gasteiger partial charge in [0, 0.05) is 10.9 Å². The van der Waals surface area contributed by atoms with E-state index in [2.05, 4.69) is 5.32 Å². The fourth-order valence-electron chi connectivity index (χ4n) is 2.38. The highest BCUT2D eigenvalue weighted by Crippen LogP contribution is 2.21. The van der Waals surface area contributed by atoms with Gasteiger partial charge in [-0.2, -0.15) is 0 Å². The number of nitrogens with one attached hydrogen (secondary N) is 1. The zero-order chi connectivity index (χ0) is 15.1. The van der Waals surface area contributed by atoms with Crippen LogP contribution < -0.4 is 5.32 Å². The van der Waals surface area contributed by atoms with E-state index in [9.17, 15) is 9.59 Å². The highest BCUT2D eigenvalue weighted by molar-refractivity contribution is 8.00. The molecule has 1 fully saturated rings. The highest BCUT2D eigenvalue weighted by Gasteiger charge is 2.17. The molecule has 0 bridgehead atoms. The smallest absolute Gasteiger partial charge is 0.316 e. The van der Waals surface area contributed by atoms with Crippen molar-refractivity contribution >= 4 is 23.6 Å². The Morgan fingerprint density at radius 2 is 2.00 bits per heavy atom. The minimum atomic E-state index is -0.357. The molecule has 4 nitrogen and oxygen atoms in total. The van der Waals surface area contributed by atoms with Crippen molar-refractivity contribution in [3.05, 3.63) is 29.8 Å². The molecule has 1 N–H and O–H groups in total. The number of carbonyl (C=O) groups is 2. The molecule has 1 aromatic rings. The summed E-state index contributed by atoms with van der Waals surface area (Å²) in [5.41, 5.74) is 1.13. The predicted molar refractivity (Wildman–Crippen MR) is 83.3 cm³/mol. The van der Waals surface area contributed by atoms with Crippen molar-refractivity contribution in [2.75, 3.05) is 12.4 Å². The molecule has 0 aliphatic heterocycles. The molecular weight excluding hydrogens is 286 g/mol. The summed E-state index contributed by atoms with van der Waals surface area (Å²) in [4.78, 5) is 24.3. The van der Waals surface area contributed by atoms with Crippen LogP contribution in [-0.4, -0.2) is 30.3 Å². The van der Waals surface area contributed by atoms with Crippen molar-refractivity contribution in [3.63, 3.8) is 0 Å². The maximum Gasteiger partial charge on any atom is 0.316 e. The van der Waals surface area contributed by atoms with Gasteiger partial charge in [0.05, 0.1) is 5.75 Å². The van der Waals surface area contributed by atoms with Crippen molar-refractivity contribution in [3.8, 4) is 0 Å². The van der Waals surface area contributed by atoms with E-state index in [0.29, 0.717) is 0 Å². The lowest BCUT2D eigenvalue weighted by atomic mass is 10.2. The van der Waals surface area contributed by atoms with E-state index >= 15 is 0 Å². The fourth-order valence-corrected chi connectivity index (χ4v) is 3.21. The first-order chi connectivity index (χ1) is 10.1. The summed E-state index contributed by atoms with van der Waals surface area (Å²) in [6.45, 7) is 1.83. The Bertz CT molecular complexity index is 498. The van der Waals surface area contributed by atoms with Crippen molar-refractivity contribution in [1.82, 2.24) is 5.32 Å². The minimum Gasteiger partial charge on any atom is -0.455 e. The van der Waals surface area contributed by atoms with E-state index in [-0.39, 0.29) is 30.3 Å². The van der Waals surface area contributed by atoms with Crippen LogP contribution in [-0.2, 0) is 14.3 Å². The molecule has 5 heteroatoms. The molecule has 0 unspecified atom stereocenters. The van der Waals surface area contributed by atoms with Crippen LogP contribution in [0.2, 0.25) is 0 Å². The van der Waals surface area contributed by atoms with Gasteiger partial charge in [-0.1, -0.05) is 31.0 Å². The Balaban J connectivity index is 1.65. The first-order valence-corrected chi connectivity index (χ1v) is 8.27. The van der Waals surface area contributed by atoms with Gasteiger partial charge in [-0.3, -0.25) is 9.59 Å². The Morgan fingerprint density at radius 3 is 2.71 bits per heavy atom. The van der Waals surface area contributed by atoms with Crippen molar-refractivity contribution in [2.45, 2.75) is 43.5 Å². The molecule has 1 aliphatic rings. The van der Waals surface area contributed by atoms with Crippen LogP contribution >= 0.6 is 11.8 Å². The maximum atomic E-state index is 11.6. The maximum absolute atomic E-state index is 11.6. The first-order valence-electron chi connectivity index (χ1n) is 7.28. The number of benzene rings is 1. The number of aryl methyl sites for hydroxylation is 1. The highest BCUT2D eigenvalue weighted by atomic mass is 32.2. The lowest BCUT2D eigenvalue weighted by molar-refractivity contribution is -0.146. The summed E-state index contributed by atoms with van der Waals surface area (Å²) in [6.07, 6.45) is 4.39. The zero-order valence-corrected chi connectivity index (χ0v) is 13.1. The second-order valence-electron chi connectivity index (χ2n) is 5.26. The summed E-state index contributed by atoms with van der Waals surface area (Å²) in [5, 5.41) is 2.89. The van der Waals surface area contributed by atoms with Gasteiger partial charge < -0.3 is 10.1 Å². The molecule has 1 amide bonds. The lowest BCUT2D eigenvalue weighted by Gasteiger charge is -2.12. The number of thioether (sulfide) groups is 1. The fraction of sp³-hybridized carbons (Fsp3) is 0.500. The number of carbonyl (C=O) groups excluding carboxylic acids is 2. The third-order valence-electron chi connectivity index (χ3n) is 3.52. The van der Waals surface area contributed by atoms with E-state index in [1.165, 1.54) is 11.8 Å². The van der Waals surface area contributed by atoms with Crippen LogP contribution in [0.3, 0.4) is 0 Å². The van der Waals surface area contributed by atoms with E-state index in [1.54, 1.807) is 0 Å². The monoisotopic (exact) mass is 307 g/mol. The van der Waals surface area contributed by atoms with Crippen LogP contribution in [0.15, 0.2) is 29.2 Å². The summed E-state index contributed by atoms with van der Waals surface area (Å²) in [7, 11) is 0. The zero-order valence-electron chi connectivity index (χ0n) is 12.3. The molecule has 1 aliphatic carbocycles. The molecule has 1 aromatic carbocycles. The van der Waals surface area contributed by atoms with Gasteiger partial charge in [0.15, 0.2) is 6.61 Å². The molecule has 0 heterocycles. The largest absolute Gasteiger partial charge is 0.455 e. The SMILES string of the molecule is Cc1ccccc1SCC(=O)OCC(=O)NC1CCCC1. The van der Waals surface area contributed by atoms with Gasteiger partial charge in [-0.05, 0) is 31.4 Å². The van der Waals surface area contributed by atoms with Gasteiger partial charge >= 0.3 is 5.97 Å². The number of hydrogen-bond donors (Lipinski definition) is 1. The molecular formula is C16H21NO3S. The second-order valence-corrected chi connectivity index (χ2v) is 6.28. The number of rotatable bonds is 6. The third kappa shape index (κ3) is 5.42. The Labute approximate surface area is 129 Å². The summed E-state index contributed by atoms with van der Waals surface area (Å²) in [6, 6.07) is 8.14. The van der Waals surface area contributed by atoms with E-state index in [1.807, 2.05) is 31.2 Å². The van der Waals surface area contributed by atoms with Gasteiger partial charge in [0.1, 0.15) is 0 Å². The summed E-state index contributed by atoms with van der Waals surface area (Å²) in [5.74, 6) is -0.331. The lowest BCUT2D eigenvalue weighted by Crippen LogP contribution is -2.36. The Kier molecular flexibility index (Phi) is 6.11. The molecule has 0 atom stereocenters. The molecule has 0 aromatic heterocycles. The second kappa shape index (κ2) is 8.08. The molecule has 0 spiro atoms. The Hall–Kier alpha value is -1.49. The van der Waals surface area contributed by atoms with Crippen LogP contribution in [0.1, 0.15) is 31.2 Å². The molecule has 1 saturated carbocycles. The van der Waals surface area contributed by atoms with Gasteiger partial charge in [0.2, 0.25) is 0 Å². The van der Waals surface area contributed by atoms with E-state index < -0.39 is 0 Å². The first kappa shape index (κ1) is 15.9. The standard InChI is InChI=1S/C16H21NO3S/c1-12-6-2-5-9-14(12)21-11-16(19)20-10-15(18)17-13-7-3-4-8-13/h2,5-6,9,13H,3-4,7-8,10-11H2,1H3,(H,17,18). The molecule has 0 radical (unpaired) electrons. The number of hydrogen-bond acceptors (Lipinski definition) is 4. The Morgan fingerprint density at radius 1 is 1.29 bits per heavy atom. The normalized spacial score (nSPS) is 14.9. The topological polar surface area (TPSA) is 55.4 Å². The van der Waals surface area contributed by atoms with Crippen molar-refractivity contribution in [2.24, 2.45) is 0 Å². The minimum absolute atomic E-state index is 0.177. The molecule has 114 valence electrons. The van der Waals surface area contributed by atoms with Crippen LogP contribution in [0.5, 0.6) is 0 Å². The number of esters is 1. The van der Waals surface area contributed by atoms with E-state index in [4.69, 9.17) is 4.74 Å². The summed E-state index contributed by atoms with van der Waals surface area (Å²) >= 11 is 1.43. The number of ether oxygens (including phenoxy) is 1. The van der Waals surface area contributed by atoms with Gasteiger partial charge in [-0.15, -0.1) is 11.8 Å². The molecule has 21 heavy (non-hydrogen) atoms. The van der Waals surface area contributed by atoms with Gasteiger partial charge in [-0.25, -0.2) is 0 Å². The quantitative estimate of drug-likeness (QED) is 0.648. The molecule has 2 rings (SSSR count). The van der Waals surface area contributed by atoms with E-state index in [0.717, 1.165) is 36.1 Å².